The second-order valence-electron chi connectivity index (χ2n) is 4.60. The smallest absolute Gasteiger partial charge is 0.126 e. The average Bonchev–Trinajstić information content (AvgIpc) is 3.06. The number of aryl methyl sites for hydroxylation is 1. The highest BCUT2D eigenvalue weighted by molar-refractivity contribution is 5.35. The minimum Gasteiger partial charge on any atom is -0.461 e. The lowest BCUT2D eigenvalue weighted by Gasteiger charge is -2.13. The molecule has 0 aromatic heterocycles. The zero-order valence-electron chi connectivity index (χ0n) is 9.31. The first-order valence-electron chi connectivity index (χ1n) is 5.66. The van der Waals surface area contributed by atoms with Gasteiger partial charge < -0.3 is 10.5 Å². The molecule has 1 aromatic rings. The van der Waals surface area contributed by atoms with Crippen molar-refractivity contribution in [3.63, 3.8) is 0 Å². The van der Waals surface area contributed by atoms with E-state index in [0.29, 0.717) is 11.8 Å². The van der Waals surface area contributed by atoms with Crippen LogP contribution in [0, 0.1) is 18.8 Å². The average molecular weight is 213 g/mol. The fourth-order valence-corrected chi connectivity index (χ4v) is 2.16. The summed E-state index contributed by atoms with van der Waals surface area (Å²) in [6.45, 7) is 2.07. The van der Waals surface area contributed by atoms with Crippen molar-refractivity contribution >= 4 is 0 Å². The van der Waals surface area contributed by atoms with Crippen molar-refractivity contribution in [3.8, 4) is 5.75 Å². The van der Waals surface area contributed by atoms with Gasteiger partial charge in [-0.3, -0.25) is 0 Å². The van der Waals surface area contributed by atoms with Crippen LogP contribution in [0.1, 0.15) is 12.0 Å². The van der Waals surface area contributed by atoms with Gasteiger partial charge in [0.25, 0.3) is 0 Å². The van der Waals surface area contributed by atoms with E-state index in [1.54, 1.807) is 0 Å². The topological polar surface area (TPSA) is 35.2 Å². The number of hydrogen-bond donors (Lipinski definition) is 1. The third kappa shape index (κ3) is 1.60. The maximum Gasteiger partial charge on any atom is 0.126 e. The zero-order chi connectivity index (χ0) is 11.1. The third-order valence-corrected chi connectivity index (χ3v) is 3.28. The van der Waals surface area contributed by atoms with Gasteiger partial charge in [-0.25, -0.2) is 0 Å². The third-order valence-electron chi connectivity index (χ3n) is 3.28. The van der Waals surface area contributed by atoms with Gasteiger partial charge in [0.15, 0.2) is 0 Å². The summed E-state index contributed by atoms with van der Waals surface area (Å²) in [5.41, 5.74) is 8.11. The number of nitrogens with two attached hydrogens (primary N) is 1. The minimum atomic E-state index is 0.520. The number of allylic oxidation sites excluding steroid dienone is 4. The van der Waals surface area contributed by atoms with Crippen molar-refractivity contribution in [3.05, 3.63) is 53.4 Å². The monoisotopic (exact) mass is 213 g/mol. The molecule has 16 heavy (non-hydrogen) atoms. The summed E-state index contributed by atoms with van der Waals surface area (Å²) < 4.78 is 5.87. The minimum absolute atomic E-state index is 0.520. The molecular formula is C14H15NO. The van der Waals surface area contributed by atoms with E-state index in [2.05, 4.69) is 19.1 Å². The van der Waals surface area contributed by atoms with Crippen LogP contribution >= 0.6 is 0 Å². The lowest BCUT2D eigenvalue weighted by Crippen LogP contribution is -2.08. The number of rotatable bonds is 2. The van der Waals surface area contributed by atoms with Crippen LogP contribution in [-0.2, 0) is 0 Å². The van der Waals surface area contributed by atoms with Gasteiger partial charge in [-0.2, -0.15) is 0 Å². The SMILES string of the molecule is Cc1ccc(OC2=CC=C(N)C3CC23)cc1. The summed E-state index contributed by atoms with van der Waals surface area (Å²) in [4.78, 5) is 0. The quantitative estimate of drug-likeness (QED) is 0.819. The molecule has 2 aliphatic rings. The molecule has 2 atom stereocenters. The van der Waals surface area contributed by atoms with Crippen molar-refractivity contribution < 1.29 is 4.74 Å². The van der Waals surface area contributed by atoms with E-state index < -0.39 is 0 Å². The Labute approximate surface area is 95.4 Å². The van der Waals surface area contributed by atoms with Crippen molar-refractivity contribution in [1.82, 2.24) is 0 Å². The van der Waals surface area contributed by atoms with Crippen LogP contribution in [0.15, 0.2) is 47.9 Å². The molecular weight excluding hydrogens is 198 g/mol. The molecule has 2 heteroatoms. The molecule has 0 saturated heterocycles. The first-order valence-corrected chi connectivity index (χ1v) is 5.66. The molecule has 0 radical (unpaired) electrons. The molecule has 1 aromatic carbocycles. The fourth-order valence-electron chi connectivity index (χ4n) is 2.16. The van der Waals surface area contributed by atoms with Crippen LogP contribution in [0.4, 0.5) is 0 Å². The normalized spacial score (nSPS) is 26.6. The van der Waals surface area contributed by atoms with Gasteiger partial charge in [-0.15, -0.1) is 0 Å². The summed E-state index contributed by atoms with van der Waals surface area (Å²) in [6, 6.07) is 8.14. The molecule has 0 amide bonds. The predicted molar refractivity (Wildman–Crippen MR) is 63.8 cm³/mol. The lowest BCUT2D eigenvalue weighted by atomic mass is 10.1. The van der Waals surface area contributed by atoms with E-state index in [1.807, 2.05) is 24.3 Å². The Bertz CT molecular complexity index is 470. The van der Waals surface area contributed by atoms with Gasteiger partial charge in [0, 0.05) is 17.5 Å². The second-order valence-corrected chi connectivity index (χ2v) is 4.60. The lowest BCUT2D eigenvalue weighted by molar-refractivity contribution is 0.388. The molecule has 0 aliphatic heterocycles. The highest BCUT2D eigenvalue weighted by atomic mass is 16.5. The summed E-state index contributed by atoms with van der Waals surface area (Å²) in [5, 5.41) is 0. The van der Waals surface area contributed by atoms with E-state index in [4.69, 9.17) is 10.5 Å². The fraction of sp³-hybridized carbons (Fsp3) is 0.286. The van der Waals surface area contributed by atoms with Crippen molar-refractivity contribution in [1.29, 1.82) is 0 Å². The zero-order valence-corrected chi connectivity index (χ0v) is 9.31. The standard InChI is InChI=1S/C14H15NO/c1-9-2-4-10(5-3-9)16-14-7-6-13(15)11-8-12(11)14/h2-7,11-12H,8,15H2,1H3. The number of benzene rings is 1. The summed E-state index contributed by atoms with van der Waals surface area (Å²) in [5.74, 6) is 3.02. The Hall–Kier alpha value is -1.70. The van der Waals surface area contributed by atoms with Gasteiger partial charge in [-0.05, 0) is 37.6 Å². The van der Waals surface area contributed by atoms with Gasteiger partial charge in [0.05, 0.1) is 0 Å². The van der Waals surface area contributed by atoms with Crippen molar-refractivity contribution in [2.45, 2.75) is 13.3 Å². The highest BCUT2D eigenvalue weighted by Crippen LogP contribution is 2.49. The Kier molecular flexibility index (Phi) is 2.03. The molecule has 2 N–H and O–H groups in total. The number of fused-ring (bicyclic) bond motifs is 1. The van der Waals surface area contributed by atoms with E-state index in [0.717, 1.165) is 23.6 Å². The maximum atomic E-state index is 5.87. The van der Waals surface area contributed by atoms with Crippen LogP contribution in [0.2, 0.25) is 0 Å². The van der Waals surface area contributed by atoms with E-state index >= 15 is 0 Å². The van der Waals surface area contributed by atoms with Gasteiger partial charge in [-0.1, -0.05) is 17.7 Å². The van der Waals surface area contributed by atoms with E-state index in [-0.39, 0.29) is 0 Å². The molecule has 0 heterocycles. The van der Waals surface area contributed by atoms with Crippen molar-refractivity contribution in [2.75, 3.05) is 0 Å². The number of hydrogen-bond acceptors (Lipinski definition) is 2. The van der Waals surface area contributed by atoms with Crippen molar-refractivity contribution in [2.24, 2.45) is 17.6 Å². The van der Waals surface area contributed by atoms with Crippen LogP contribution < -0.4 is 10.5 Å². The molecule has 0 bridgehead atoms. The highest BCUT2D eigenvalue weighted by Gasteiger charge is 2.44. The molecule has 2 aliphatic carbocycles. The molecule has 2 nitrogen and oxygen atoms in total. The van der Waals surface area contributed by atoms with E-state index in [9.17, 15) is 0 Å². The summed E-state index contributed by atoms with van der Waals surface area (Å²) in [6.07, 6.45) is 5.11. The molecule has 1 fully saturated rings. The largest absolute Gasteiger partial charge is 0.461 e. The maximum absolute atomic E-state index is 5.87. The first-order chi connectivity index (χ1) is 7.74. The van der Waals surface area contributed by atoms with Gasteiger partial charge >= 0.3 is 0 Å². The summed E-state index contributed by atoms with van der Waals surface area (Å²) >= 11 is 0. The number of ether oxygens (including phenoxy) is 1. The molecule has 0 spiro atoms. The Morgan fingerprint density at radius 2 is 1.88 bits per heavy atom. The van der Waals surface area contributed by atoms with E-state index in [1.165, 1.54) is 5.56 Å². The van der Waals surface area contributed by atoms with Gasteiger partial charge in [0.1, 0.15) is 11.5 Å². The van der Waals surface area contributed by atoms with Crippen LogP contribution in [0.5, 0.6) is 5.75 Å². The predicted octanol–water partition coefficient (Wildman–Crippen LogP) is 2.75. The molecule has 3 rings (SSSR count). The Morgan fingerprint density at radius 1 is 1.12 bits per heavy atom. The summed E-state index contributed by atoms with van der Waals surface area (Å²) in [7, 11) is 0. The Balaban J connectivity index is 1.78. The Morgan fingerprint density at radius 3 is 2.62 bits per heavy atom. The molecule has 82 valence electrons. The van der Waals surface area contributed by atoms with Crippen LogP contribution in [0.25, 0.3) is 0 Å². The second kappa shape index (κ2) is 3.41. The van der Waals surface area contributed by atoms with Crippen LogP contribution in [0.3, 0.4) is 0 Å². The molecule has 2 unspecified atom stereocenters. The van der Waals surface area contributed by atoms with Crippen LogP contribution in [-0.4, -0.2) is 0 Å². The van der Waals surface area contributed by atoms with Gasteiger partial charge in [0.2, 0.25) is 0 Å². The first kappa shape index (κ1) is 9.52. The molecule has 1 saturated carbocycles.